The summed E-state index contributed by atoms with van der Waals surface area (Å²) >= 11 is 6.10. The molecule has 188 valence electrons. The molecule has 8 nitrogen and oxygen atoms in total. The molecule has 0 saturated carbocycles. The van der Waals surface area contributed by atoms with Crippen LogP contribution in [0.4, 0.5) is 11.4 Å². The van der Waals surface area contributed by atoms with E-state index < -0.39 is 4.92 Å². The minimum absolute atomic E-state index is 0.0502. The summed E-state index contributed by atoms with van der Waals surface area (Å²) < 4.78 is 6.11. The van der Waals surface area contributed by atoms with E-state index in [1.165, 1.54) is 12.1 Å². The normalized spacial score (nSPS) is 14.6. The van der Waals surface area contributed by atoms with Crippen molar-refractivity contribution in [2.75, 3.05) is 44.7 Å². The molecule has 9 heteroatoms. The molecular weight excluding hydrogens is 480 g/mol. The number of hydrogen-bond acceptors (Lipinski definition) is 6. The van der Waals surface area contributed by atoms with Crippen molar-refractivity contribution < 1.29 is 14.5 Å². The van der Waals surface area contributed by atoms with Gasteiger partial charge in [0, 0.05) is 60.6 Å². The van der Waals surface area contributed by atoms with Crippen molar-refractivity contribution in [3.63, 3.8) is 0 Å². The Balaban J connectivity index is 1.34. The third-order valence-electron chi connectivity index (χ3n) is 6.50. The van der Waals surface area contributed by atoms with Crippen molar-refractivity contribution in [1.29, 1.82) is 0 Å². The molecule has 3 aromatic rings. The van der Waals surface area contributed by atoms with Crippen molar-refractivity contribution in [1.82, 2.24) is 9.80 Å². The number of halogens is 1. The summed E-state index contributed by atoms with van der Waals surface area (Å²) in [6, 6.07) is 21.6. The SMILES string of the molecule is CC(c1ccccc1Oc1cccc(Cl)c1)N(C)CC(=O)N1CCN(c2ccc([N+](=O)[O-])cc2)CC1. The molecule has 1 amide bonds. The predicted octanol–water partition coefficient (Wildman–Crippen LogP) is 5.38. The van der Waals surface area contributed by atoms with Gasteiger partial charge in [0.05, 0.1) is 11.5 Å². The van der Waals surface area contributed by atoms with Gasteiger partial charge in [-0.3, -0.25) is 19.8 Å². The van der Waals surface area contributed by atoms with Crippen molar-refractivity contribution in [2.24, 2.45) is 0 Å². The first kappa shape index (κ1) is 25.5. The maximum absolute atomic E-state index is 13.1. The number of carbonyl (C=O) groups excluding carboxylic acids is 1. The second-order valence-electron chi connectivity index (χ2n) is 8.83. The van der Waals surface area contributed by atoms with Crippen LogP contribution in [0.15, 0.2) is 72.8 Å². The highest BCUT2D eigenvalue weighted by atomic mass is 35.5. The lowest BCUT2D eigenvalue weighted by molar-refractivity contribution is -0.384. The summed E-state index contributed by atoms with van der Waals surface area (Å²) in [6.07, 6.45) is 0. The number of hydrogen-bond donors (Lipinski definition) is 0. The topological polar surface area (TPSA) is 79.2 Å². The quantitative estimate of drug-likeness (QED) is 0.300. The Hall–Kier alpha value is -3.62. The molecule has 36 heavy (non-hydrogen) atoms. The second kappa shape index (κ2) is 11.4. The molecule has 0 radical (unpaired) electrons. The third kappa shape index (κ3) is 6.13. The van der Waals surface area contributed by atoms with E-state index in [0.717, 1.165) is 17.0 Å². The maximum atomic E-state index is 13.1. The Bertz CT molecular complexity index is 1210. The minimum Gasteiger partial charge on any atom is -0.457 e. The van der Waals surface area contributed by atoms with Crippen molar-refractivity contribution >= 4 is 28.9 Å². The molecule has 1 fully saturated rings. The van der Waals surface area contributed by atoms with Crippen LogP contribution in [0.3, 0.4) is 0 Å². The van der Waals surface area contributed by atoms with Gasteiger partial charge < -0.3 is 14.5 Å². The van der Waals surface area contributed by atoms with Crippen LogP contribution in [-0.4, -0.2) is 60.4 Å². The molecule has 1 saturated heterocycles. The summed E-state index contributed by atoms with van der Waals surface area (Å²) in [5, 5.41) is 11.5. The number of ether oxygens (including phenoxy) is 1. The van der Waals surface area contributed by atoms with Crippen molar-refractivity contribution in [3.8, 4) is 11.5 Å². The van der Waals surface area contributed by atoms with Gasteiger partial charge in [-0.1, -0.05) is 35.9 Å². The van der Waals surface area contributed by atoms with Gasteiger partial charge in [0.1, 0.15) is 11.5 Å². The van der Waals surface area contributed by atoms with Crippen LogP contribution in [0.5, 0.6) is 11.5 Å². The standard InChI is InChI=1S/C27H29ClN4O4/c1-20(25-8-3-4-9-26(25)36-24-7-5-6-21(28)18-24)29(2)19-27(33)31-16-14-30(15-17-31)22-10-12-23(13-11-22)32(34)35/h3-13,18,20H,14-17,19H2,1-2H3. The average molecular weight is 509 g/mol. The van der Waals surface area contributed by atoms with Crippen LogP contribution in [0.2, 0.25) is 5.02 Å². The molecule has 3 aromatic carbocycles. The summed E-state index contributed by atoms with van der Waals surface area (Å²) in [4.78, 5) is 29.6. The Labute approximate surface area is 215 Å². The molecule has 1 aliphatic rings. The van der Waals surface area contributed by atoms with Gasteiger partial charge in [-0.2, -0.15) is 0 Å². The molecule has 1 aliphatic heterocycles. The smallest absolute Gasteiger partial charge is 0.269 e. The van der Waals surface area contributed by atoms with E-state index in [4.69, 9.17) is 16.3 Å². The van der Waals surface area contributed by atoms with Crippen LogP contribution in [0, 0.1) is 10.1 Å². The number of piperazine rings is 1. The first-order valence-electron chi connectivity index (χ1n) is 11.8. The Kier molecular flexibility index (Phi) is 8.07. The number of nitrogens with zero attached hydrogens (tertiary/aromatic N) is 4. The molecule has 4 rings (SSSR count). The lowest BCUT2D eigenvalue weighted by Crippen LogP contribution is -2.51. The highest BCUT2D eigenvalue weighted by Crippen LogP contribution is 2.32. The number of non-ortho nitro benzene ring substituents is 1. The fourth-order valence-corrected chi connectivity index (χ4v) is 4.44. The molecule has 0 aromatic heterocycles. The van der Waals surface area contributed by atoms with Gasteiger partial charge in [-0.25, -0.2) is 0 Å². The van der Waals surface area contributed by atoms with Crippen LogP contribution < -0.4 is 9.64 Å². The van der Waals surface area contributed by atoms with E-state index >= 15 is 0 Å². The molecule has 0 aliphatic carbocycles. The van der Waals surface area contributed by atoms with Gasteiger partial charge in [0.2, 0.25) is 5.91 Å². The molecule has 1 heterocycles. The Morgan fingerprint density at radius 2 is 1.75 bits per heavy atom. The molecule has 0 N–H and O–H groups in total. The van der Waals surface area contributed by atoms with Crippen LogP contribution in [-0.2, 0) is 4.79 Å². The molecule has 1 atom stereocenters. The Morgan fingerprint density at radius 3 is 2.42 bits per heavy atom. The van der Waals surface area contributed by atoms with E-state index in [9.17, 15) is 14.9 Å². The monoisotopic (exact) mass is 508 g/mol. The summed E-state index contributed by atoms with van der Waals surface area (Å²) in [5.74, 6) is 1.45. The number of benzene rings is 3. The summed E-state index contributed by atoms with van der Waals surface area (Å²) in [7, 11) is 1.94. The molecule has 1 unspecified atom stereocenters. The number of amides is 1. The van der Waals surface area contributed by atoms with E-state index in [-0.39, 0.29) is 24.2 Å². The number of likely N-dealkylation sites (N-methyl/N-ethyl adjacent to an activating group) is 1. The molecular formula is C27H29ClN4O4. The molecule has 0 spiro atoms. The Morgan fingerprint density at radius 1 is 1.06 bits per heavy atom. The van der Waals surface area contributed by atoms with Gasteiger partial charge >= 0.3 is 0 Å². The number of carbonyl (C=O) groups is 1. The van der Waals surface area contributed by atoms with E-state index in [0.29, 0.717) is 37.0 Å². The number of anilines is 1. The highest BCUT2D eigenvalue weighted by molar-refractivity contribution is 6.30. The van der Waals surface area contributed by atoms with Crippen molar-refractivity contribution in [2.45, 2.75) is 13.0 Å². The molecule has 0 bridgehead atoms. The van der Waals surface area contributed by atoms with Crippen LogP contribution >= 0.6 is 11.6 Å². The minimum atomic E-state index is -0.403. The fourth-order valence-electron chi connectivity index (χ4n) is 4.26. The number of nitro benzene ring substituents is 1. The number of nitro groups is 1. The average Bonchev–Trinajstić information content (AvgIpc) is 2.88. The lowest BCUT2D eigenvalue weighted by Gasteiger charge is -2.37. The number of para-hydroxylation sites is 1. The van der Waals surface area contributed by atoms with Gasteiger partial charge in [-0.15, -0.1) is 0 Å². The van der Waals surface area contributed by atoms with Crippen LogP contribution in [0.1, 0.15) is 18.5 Å². The van der Waals surface area contributed by atoms with E-state index in [1.54, 1.807) is 24.3 Å². The zero-order valence-corrected chi connectivity index (χ0v) is 21.1. The number of rotatable bonds is 8. The maximum Gasteiger partial charge on any atom is 0.269 e. The summed E-state index contributed by atoms with van der Waals surface area (Å²) in [6.45, 7) is 4.90. The van der Waals surface area contributed by atoms with E-state index in [2.05, 4.69) is 11.8 Å². The second-order valence-corrected chi connectivity index (χ2v) is 9.27. The summed E-state index contributed by atoms with van der Waals surface area (Å²) in [5.41, 5.74) is 1.98. The van der Waals surface area contributed by atoms with Crippen molar-refractivity contribution in [3.05, 3.63) is 93.5 Å². The highest BCUT2D eigenvalue weighted by Gasteiger charge is 2.25. The predicted molar refractivity (Wildman–Crippen MR) is 141 cm³/mol. The largest absolute Gasteiger partial charge is 0.457 e. The lowest BCUT2D eigenvalue weighted by atomic mass is 10.1. The first-order valence-corrected chi connectivity index (χ1v) is 12.2. The third-order valence-corrected chi connectivity index (χ3v) is 6.73. The van der Waals surface area contributed by atoms with Gasteiger partial charge in [0.25, 0.3) is 5.69 Å². The van der Waals surface area contributed by atoms with Gasteiger partial charge in [0.15, 0.2) is 0 Å². The zero-order valence-electron chi connectivity index (χ0n) is 20.3. The fraction of sp³-hybridized carbons (Fsp3) is 0.296. The zero-order chi connectivity index (χ0) is 25.7. The van der Waals surface area contributed by atoms with Crippen LogP contribution in [0.25, 0.3) is 0 Å². The van der Waals surface area contributed by atoms with E-state index in [1.807, 2.05) is 53.2 Å². The van der Waals surface area contributed by atoms with Gasteiger partial charge in [-0.05, 0) is 50.4 Å². The first-order chi connectivity index (χ1) is 17.3.